The first-order valence-electron chi connectivity index (χ1n) is 5.15. The number of carbonyl (C=O) groups excluding carboxylic acids is 1. The van der Waals surface area contributed by atoms with Crippen molar-refractivity contribution in [2.24, 2.45) is 5.92 Å². The summed E-state index contributed by atoms with van der Waals surface area (Å²) in [6.45, 7) is 5.06. The molecule has 92 valence electrons. The Balaban J connectivity index is 2.75. The van der Waals surface area contributed by atoms with Crippen molar-refractivity contribution in [1.29, 1.82) is 0 Å². The van der Waals surface area contributed by atoms with Crippen LogP contribution < -0.4 is 0 Å². The smallest absolute Gasteiger partial charge is 0.470 e. The van der Waals surface area contributed by atoms with E-state index in [0.29, 0.717) is 0 Å². The third-order valence-corrected chi connectivity index (χ3v) is 4.30. The topological polar surface area (TPSA) is 65.0 Å². The van der Waals surface area contributed by atoms with Crippen molar-refractivity contribution < 1.29 is 23.2 Å². The molecule has 0 spiro atoms. The van der Waals surface area contributed by atoms with E-state index >= 15 is 0 Å². The second-order valence-electron chi connectivity index (χ2n) is 3.91. The molecule has 1 N–H and O–H groups in total. The molecule has 1 aliphatic rings. The van der Waals surface area contributed by atoms with Gasteiger partial charge in [0.1, 0.15) is 6.10 Å². The summed E-state index contributed by atoms with van der Waals surface area (Å²) in [5.74, 6) is -0.516. The van der Waals surface area contributed by atoms with Gasteiger partial charge in [0, 0.05) is 12.8 Å². The van der Waals surface area contributed by atoms with E-state index in [1.807, 2.05) is 13.8 Å². The number of aliphatic hydroxyl groups excluding tert-OH is 1. The normalized spacial score (nSPS) is 39.2. The monoisotopic (exact) mass is 358 g/mol. The van der Waals surface area contributed by atoms with Gasteiger partial charge < -0.3 is 18.4 Å². The van der Waals surface area contributed by atoms with E-state index in [-0.39, 0.29) is 12.0 Å². The first-order chi connectivity index (χ1) is 7.47. The summed E-state index contributed by atoms with van der Waals surface area (Å²) in [5.41, 5.74) is 0. The predicted molar refractivity (Wildman–Crippen MR) is 67.3 cm³/mol. The number of halogens is 1. The van der Waals surface area contributed by atoms with Crippen LogP contribution >= 0.6 is 20.3 Å². The van der Waals surface area contributed by atoms with Gasteiger partial charge in [0.15, 0.2) is 12.4 Å². The Morgan fingerprint density at radius 3 is 2.62 bits per heavy atom. The predicted octanol–water partition coefficient (Wildman–Crippen LogP) is 0.378. The van der Waals surface area contributed by atoms with Crippen LogP contribution in [0.15, 0.2) is 0 Å². The second-order valence-corrected chi connectivity index (χ2v) is 6.33. The van der Waals surface area contributed by atoms with Crippen molar-refractivity contribution in [3.05, 3.63) is 0 Å². The van der Waals surface area contributed by atoms with Gasteiger partial charge in [-0.05, 0) is 6.92 Å². The van der Waals surface area contributed by atoms with Crippen molar-refractivity contribution in [2.75, 3.05) is 0 Å². The third-order valence-electron chi connectivity index (χ3n) is 2.76. The Morgan fingerprint density at radius 2 is 2.12 bits per heavy atom. The number of hydrogen-bond donors (Lipinski definition) is 1. The molecule has 7 heteroatoms. The lowest BCUT2D eigenvalue weighted by molar-refractivity contribution is -0.258. The zero-order chi connectivity index (χ0) is 12.3. The molecule has 5 nitrogen and oxygen atoms in total. The van der Waals surface area contributed by atoms with Crippen LogP contribution in [0.25, 0.3) is 0 Å². The molecule has 0 aliphatic carbocycles. The highest BCUT2D eigenvalue weighted by Crippen LogP contribution is 2.28. The van der Waals surface area contributed by atoms with Crippen LogP contribution in [0.1, 0.15) is 20.8 Å². The number of ether oxygens (including phenoxy) is 2. The van der Waals surface area contributed by atoms with Crippen LogP contribution in [0.5, 0.6) is 0 Å². The lowest BCUT2D eigenvalue weighted by Gasteiger charge is -2.42. The first kappa shape index (κ1) is 14.7. The maximum atomic E-state index is 11.0. The second kappa shape index (κ2) is 6.52. The fraction of sp³-hybridized carbons (Fsp3) is 0.889. The maximum Gasteiger partial charge on any atom is 0.527 e. The van der Waals surface area contributed by atoms with Gasteiger partial charge in [-0.3, -0.25) is 4.79 Å². The minimum Gasteiger partial charge on any atom is -0.470 e. The summed E-state index contributed by atoms with van der Waals surface area (Å²) in [5, 5.41) is 10.0. The Hall–Kier alpha value is 0.612. The zero-order valence-corrected chi connectivity index (χ0v) is 13.1. The number of rotatable bonds is 3. The van der Waals surface area contributed by atoms with Crippen LogP contribution in [0.3, 0.4) is 0 Å². The Morgan fingerprint density at radius 1 is 1.50 bits per heavy atom. The van der Waals surface area contributed by atoms with Gasteiger partial charge in [-0.15, -0.1) is 0 Å². The third kappa shape index (κ3) is 3.55. The SMILES string of the molecule is CC(=O)OC1[C@H]([O][AlH][I])OC(C)[C@H](C)[C@@H]1O. The average Bonchev–Trinajstić information content (AvgIpc) is 2.21. The zero-order valence-electron chi connectivity index (χ0n) is 9.55. The van der Waals surface area contributed by atoms with Crippen molar-refractivity contribution in [3.63, 3.8) is 0 Å². The molecule has 1 saturated heterocycles. The van der Waals surface area contributed by atoms with E-state index in [0.717, 1.165) is 0 Å². The largest absolute Gasteiger partial charge is 0.527 e. The lowest BCUT2D eigenvalue weighted by Crippen LogP contribution is -2.55. The summed E-state index contributed by atoms with van der Waals surface area (Å²) in [6.07, 6.45) is -2.20. The maximum absolute atomic E-state index is 11.0. The Bertz CT molecular complexity index is 252. The van der Waals surface area contributed by atoms with E-state index in [2.05, 4.69) is 20.3 Å². The van der Waals surface area contributed by atoms with E-state index in [4.69, 9.17) is 13.3 Å². The molecule has 0 radical (unpaired) electrons. The van der Waals surface area contributed by atoms with Crippen molar-refractivity contribution in [3.8, 4) is 0 Å². The molecular formula is C9H16AlIO5. The molecule has 1 fully saturated rings. The van der Waals surface area contributed by atoms with Gasteiger partial charge in [0.05, 0.1) is 6.10 Å². The molecule has 0 aromatic rings. The van der Waals surface area contributed by atoms with Crippen molar-refractivity contribution in [2.45, 2.75) is 45.4 Å². The van der Waals surface area contributed by atoms with Gasteiger partial charge in [-0.2, -0.15) is 20.3 Å². The lowest BCUT2D eigenvalue weighted by atomic mass is 9.91. The summed E-state index contributed by atoms with van der Waals surface area (Å²) in [7, 11) is 0. The highest BCUT2D eigenvalue weighted by atomic mass is 127. The quantitative estimate of drug-likeness (QED) is 0.449. The number of aliphatic hydroxyl groups is 1. The molecule has 0 amide bonds. The molecule has 16 heavy (non-hydrogen) atoms. The van der Waals surface area contributed by atoms with Crippen LogP contribution in [0, 0.1) is 5.92 Å². The van der Waals surface area contributed by atoms with Crippen LogP contribution in [-0.4, -0.2) is 47.9 Å². The molecule has 2 unspecified atom stereocenters. The van der Waals surface area contributed by atoms with E-state index in [1.165, 1.54) is 6.92 Å². The molecule has 0 aromatic heterocycles. The van der Waals surface area contributed by atoms with Gasteiger partial charge in [0.25, 0.3) is 0 Å². The summed E-state index contributed by atoms with van der Waals surface area (Å²) in [4.78, 5) is 11.0. The Labute approximate surface area is 113 Å². The average molecular weight is 358 g/mol. The number of hydrogen-bond acceptors (Lipinski definition) is 5. The fourth-order valence-electron chi connectivity index (χ4n) is 1.66. The Kier molecular flexibility index (Phi) is 5.98. The first-order valence-corrected chi connectivity index (χ1v) is 10.8. The fourth-order valence-corrected chi connectivity index (χ4v) is 3.12. The number of esters is 1. The molecule has 0 aromatic carbocycles. The van der Waals surface area contributed by atoms with Crippen molar-refractivity contribution in [1.82, 2.24) is 0 Å². The van der Waals surface area contributed by atoms with Crippen LogP contribution in [-0.2, 0) is 18.1 Å². The molecule has 1 heterocycles. The van der Waals surface area contributed by atoms with Crippen LogP contribution in [0.2, 0.25) is 0 Å². The minimum atomic E-state index is -0.741. The molecular weight excluding hydrogens is 342 g/mol. The van der Waals surface area contributed by atoms with Crippen molar-refractivity contribution >= 4 is 38.5 Å². The molecule has 0 saturated carbocycles. The van der Waals surface area contributed by atoms with Gasteiger partial charge in [-0.25, -0.2) is 0 Å². The summed E-state index contributed by atoms with van der Waals surface area (Å²) in [6, 6.07) is 0. The number of carbonyl (C=O) groups is 1. The summed E-state index contributed by atoms with van der Waals surface area (Å²) < 4.78 is 16.1. The molecule has 0 bridgehead atoms. The highest BCUT2D eigenvalue weighted by Gasteiger charge is 2.43. The van der Waals surface area contributed by atoms with Gasteiger partial charge >= 0.3 is 18.2 Å². The highest BCUT2D eigenvalue weighted by molar-refractivity contribution is 14.1. The van der Waals surface area contributed by atoms with Gasteiger partial charge in [0.2, 0.25) is 0 Å². The molecule has 1 rings (SSSR count). The van der Waals surface area contributed by atoms with E-state index in [1.54, 1.807) is 0 Å². The minimum absolute atomic E-state index is 0.0833. The standard InChI is InChI=1S/C9H15O5.Al.HI.H/c1-4-5(2)13-9(12)8(7(4)11)14-6(3)10;;;/h4-5,7-9,11H,1-3H3;;1H;/q-1;+2;;/p-1/t4-,5?,7-,8?,9+;;;/m0.../s1. The van der Waals surface area contributed by atoms with Gasteiger partial charge in [-0.1, -0.05) is 6.92 Å². The molecule has 1 aliphatic heterocycles. The summed E-state index contributed by atoms with van der Waals surface area (Å²) >= 11 is 1.45. The van der Waals surface area contributed by atoms with Crippen LogP contribution in [0.4, 0.5) is 0 Å². The van der Waals surface area contributed by atoms with E-state index < -0.39 is 36.7 Å². The van der Waals surface area contributed by atoms with E-state index in [9.17, 15) is 9.90 Å². The molecule has 5 atom stereocenters.